The van der Waals surface area contributed by atoms with Crippen molar-refractivity contribution in [1.29, 1.82) is 0 Å². The van der Waals surface area contributed by atoms with Crippen molar-refractivity contribution in [1.82, 2.24) is 15.3 Å². The van der Waals surface area contributed by atoms with E-state index in [1.165, 1.54) is 12.2 Å². The van der Waals surface area contributed by atoms with Gasteiger partial charge in [-0.3, -0.25) is 14.6 Å². The number of carbonyl (C=O) groups excluding carboxylic acids is 1. The summed E-state index contributed by atoms with van der Waals surface area (Å²) < 4.78 is 0. The number of carbonyl (C=O) groups is 1. The molecule has 1 aromatic carbocycles. The molecule has 2 rings (SSSR count). The van der Waals surface area contributed by atoms with Crippen LogP contribution in [0.5, 0.6) is 0 Å². The summed E-state index contributed by atoms with van der Waals surface area (Å²) in [6.07, 6.45) is 3.03. The van der Waals surface area contributed by atoms with E-state index >= 15 is 0 Å². The minimum absolute atomic E-state index is 0.203. The molecule has 0 aliphatic rings. The molecular weight excluding hydrogens is 322 g/mol. The van der Waals surface area contributed by atoms with E-state index in [-0.39, 0.29) is 12.2 Å². The van der Waals surface area contributed by atoms with Gasteiger partial charge in [-0.1, -0.05) is 29.8 Å². The lowest BCUT2D eigenvalue weighted by Gasteiger charge is -2.15. The zero-order valence-corrected chi connectivity index (χ0v) is 14.1. The first-order valence-corrected chi connectivity index (χ1v) is 7.87. The SMILES string of the molecule is Cc1ccc(CC(CO)NC(=O)/C=C/c2c(C)[nH]c(=O)[nH]c2=O)cc1. The lowest BCUT2D eigenvalue weighted by atomic mass is 10.0. The second kappa shape index (κ2) is 8.25. The molecule has 0 bridgehead atoms. The van der Waals surface area contributed by atoms with Crippen LogP contribution >= 0.6 is 0 Å². The number of amides is 1. The highest BCUT2D eigenvalue weighted by Crippen LogP contribution is 2.06. The maximum Gasteiger partial charge on any atom is 0.325 e. The van der Waals surface area contributed by atoms with Gasteiger partial charge in [-0.05, 0) is 31.9 Å². The van der Waals surface area contributed by atoms with E-state index in [9.17, 15) is 19.5 Å². The number of aryl methyl sites for hydroxylation is 2. The van der Waals surface area contributed by atoms with Gasteiger partial charge in [0, 0.05) is 11.8 Å². The van der Waals surface area contributed by atoms with Crippen LogP contribution in [0, 0.1) is 13.8 Å². The first kappa shape index (κ1) is 18.4. The molecule has 0 fully saturated rings. The second-order valence-corrected chi connectivity index (χ2v) is 5.86. The van der Waals surface area contributed by atoms with Gasteiger partial charge in [0.15, 0.2) is 0 Å². The second-order valence-electron chi connectivity index (χ2n) is 5.86. The zero-order valence-electron chi connectivity index (χ0n) is 14.1. The van der Waals surface area contributed by atoms with E-state index in [0.717, 1.165) is 11.1 Å². The summed E-state index contributed by atoms with van der Waals surface area (Å²) in [5.74, 6) is -0.434. The molecule has 1 unspecified atom stereocenters. The number of H-pyrrole nitrogens is 2. The van der Waals surface area contributed by atoms with Crippen LogP contribution in [0.1, 0.15) is 22.4 Å². The van der Waals surface area contributed by atoms with Crippen LogP contribution in [0.3, 0.4) is 0 Å². The fraction of sp³-hybridized carbons (Fsp3) is 0.278. The largest absolute Gasteiger partial charge is 0.394 e. The number of nitrogens with one attached hydrogen (secondary N) is 3. The molecule has 0 aliphatic heterocycles. The molecule has 1 atom stereocenters. The number of rotatable bonds is 6. The van der Waals surface area contributed by atoms with E-state index in [4.69, 9.17) is 0 Å². The Morgan fingerprint density at radius 2 is 1.88 bits per heavy atom. The van der Waals surface area contributed by atoms with Gasteiger partial charge in [0.05, 0.1) is 18.2 Å². The van der Waals surface area contributed by atoms with Gasteiger partial charge >= 0.3 is 5.69 Å². The van der Waals surface area contributed by atoms with Crippen molar-refractivity contribution in [3.63, 3.8) is 0 Å². The average Bonchev–Trinajstić information content (AvgIpc) is 2.55. The van der Waals surface area contributed by atoms with E-state index in [2.05, 4.69) is 15.3 Å². The van der Waals surface area contributed by atoms with Crippen molar-refractivity contribution in [3.8, 4) is 0 Å². The van der Waals surface area contributed by atoms with Gasteiger partial charge in [-0.2, -0.15) is 0 Å². The Kier molecular flexibility index (Phi) is 6.08. The summed E-state index contributed by atoms with van der Waals surface area (Å²) in [5, 5.41) is 12.2. The van der Waals surface area contributed by atoms with Crippen LogP contribution in [0.15, 0.2) is 39.9 Å². The molecule has 0 spiro atoms. The third-order valence-corrected chi connectivity index (χ3v) is 3.75. The first-order valence-electron chi connectivity index (χ1n) is 7.87. The molecule has 0 saturated heterocycles. The van der Waals surface area contributed by atoms with Gasteiger partial charge in [-0.25, -0.2) is 4.79 Å². The standard InChI is InChI=1S/C18H21N3O4/c1-11-3-5-13(6-4-11)9-14(10-22)20-16(23)8-7-15-12(2)19-18(25)21-17(15)24/h3-8,14,22H,9-10H2,1-2H3,(H,20,23)(H2,19,21,24,25)/b8-7+. The molecule has 132 valence electrons. The maximum atomic E-state index is 12.0. The van der Waals surface area contributed by atoms with Crippen LogP contribution in [0.2, 0.25) is 0 Å². The van der Waals surface area contributed by atoms with Crippen molar-refractivity contribution in [2.75, 3.05) is 6.61 Å². The van der Waals surface area contributed by atoms with Crippen molar-refractivity contribution in [2.24, 2.45) is 0 Å². The van der Waals surface area contributed by atoms with Crippen molar-refractivity contribution in [2.45, 2.75) is 26.3 Å². The topological polar surface area (TPSA) is 115 Å². The number of aromatic nitrogens is 2. The molecule has 2 aromatic rings. The van der Waals surface area contributed by atoms with E-state index < -0.39 is 23.2 Å². The highest BCUT2D eigenvalue weighted by molar-refractivity contribution is 5.92. The minimum Gasteiger partial charge on any atom is -0.394 e. The summed E-state index contributed by atoms with van der Waals surface area (Å²) in [5.41, 5.74) is 1.55. The molecule has 7 heteroatoms. The Morgan fingerprint density at radius 1 is 1.20 bits per heavy atom. The van der Waals surface area contributed by atoms with Crippen molar-refractivity contribution < 1.29 is 9.90 Å². The molecular formula is C18H21N3O4. The number of aliphatic hydroxyl groups is 1. The van der Waals surface area contributed by atoms with Crippen LogP contribution < -0.4 is 16.6 Å². The van der Waals surface area contributed by atoms with Crippen LogP contribution in [-0.4, -0.2) is 33.6 Å². The normalized spacial score (nSPS) is 12.3. The maximum absolute atomic E-state index is 12.0. The van der Waals surface area contributed by atoms with Crippen molar-refractivity contribution in [3.05, 3.63) is 73.6 Å². The Hall–Kier alpha value is -2.93. The third kappa shape index (κ3) is 5.29. The average molecular weight is 343 g/mol. The number of benzene rings is 1. The molecule has 0 aliphatic carbocycles. The van der Waals surface area contributed by atoms with E-state index in [0.29, 0.717) is 12.1 Å². The quantitative estimate of drug-likeness (QED) is 0.569. The van der Waals surface area contributed by atoms with Crippen LogP contribution in [0.25, 0.3) is 6.08 Å². The molecule has 1 aromatic heterocycles. The van der Waals surface area contributed by atoms with Gasteiger partial charge in [0.2, 0.25) is 5.91 Å². The number of hydrogen-bond acceptors (Lipinski definition) is 4. The zero-order chi connectivity index (χ0) is 18.4. The molecule has 0 saturated carbocycles. The Morgan fingerprint density at radius 3 is 2.48 bits per heavy atom. The van der Waals surface area contributed by atoms with E-state index in [1.54, 1.807) is 6.92 Å². The monoisotopic (exact) mass is 343 g/mol. The fourth-order valence-corrected chi connectivity index (χ4v) is 2.39. The van der Waals surface area contributed by atoms with Gasteiger partial charge in [0.25, 0.3) is 5.56 Å². The fourth-order valence-electron chi connectivity index (χ4n) is 2.39. The highest BCUT2D eigenvalue weighted by Gasteiger charge is 2.11. The van der Waals surface area contributed by atoms with Gasteiger partial charge < -0.3 is 15.4 Å². The number of aromatic amines is 2. The lowest BCUT2D eigenvalue weighted by molar-refractivity contribution is -0.117. The predicted molar refractivity (Wildman–Crippen MR) is 95.4 cm³/mol. The Balaban J connectivity index is 2.04. The Labute approximate surface area is 144 Å². The molecule has 0 radical (unpaired) electrons. The molecule has 1 heterocycles. The molecule has 25 heavy (non-hydrogen) atoms. The predicted octanol–water partition coefficient (Wildman–Crippen LogP) is 0.413. The minimum atomic E-state index is -0.595. The summed E-state index contributed by atoms with van der Waals surface area (Å²) in [4.78, 5) is 39.4. The number of hydrogen-bond donors (Lipinski definition) is 4. The molecule has 1 amide bonds. The molecule has 7 nitrogen and oxygen atoms in total. The number of aliphatic hydroxyl groups excluding tert-OH is 1. The van der Waals surface area contributed by atoms with Gasteiger partial charge in [-0.15, -0.1) is 0 Å². The summed E-state index contributed by atoms with van der Waals surface area (Å²) >= 11 is 0. The summed E-state index contributed by atoms with van der Waals surface area (Å²) in [7, 11) is 0. The van der Waals surface area contributed by atoms with Crippen LogP contribution in [0.4, 0.5) is 0 Å². The highest BCUT2D eigenvalue weighted by atomic mass is 16.3. The smallest absolute Gasteiger partial charge is 0.325 e. The Bertz CT molecular complexity index is 878. The van der Waals surface area contributed by atoms with Gasteiger partial charge in [0.1, 0.15) is 0 Å². The molecule has 4 N–H and O–H groups in total. The van der Waals surface area contributed by atoms with E-state index in [1.807, 2.05) is 31.2 Å². The first-order chi connectivity index (χ1) is 11.9. The van der Waals surface area contributed by atoms with Crippen LogP contribution in [-0.2, 0) is 11.2 Å². The summed E-state index contributed by atoms with van der Waals surface area (Å²) in [6.45, 7) is 3.36. The summed E-state index contributed by atoms with van der Waals surface area (Å²) in [6, 6.07) is 7.40. The lowest BCUT2D eigenvalue weighted by Crippen LogP contribution is -2.38. The van der Waals surface area contributed by atoms with Crippen molar-refractivity contribution >= 4 is 12.0 Å². The third-order valence-electron chi connectivity index (χ3n) is 3.75.